The molecule has 0 aliphatic heterocycles. The van der Waals surface area contributed by atoms with Crippen LogP contribution < -0.4 is 4.90 Å². The third-order valence-electron chi connectivity index (χ3n) is 4.64. The fourth-order valence-electron chi connectivity index (χ4n) is 3.17. The molecule has 3 nitrogen and oxygen atoms in total. The van der Waals surface area contributed by atoms with Crippen molar-refractivity contribution in [3.05, 3.63) is 130 Å². The third-order valence-corrected chi connectivity index (χ3v) is 5.30. The molecule has 0 aromatic heterocycles. The first kappa shape index (κ1) is 20.9. The summed E-state index contributed by atoms with van der Waals surface area (Å²) in [4.78, 5) is 20.2. The summed E-state index contributed by atoms with van der Waals surface area (Å²) in [5.74, 6) is 0.110. The molecule has 0 fully saturated rings. The van der Waals surface area contributed by atoms with Gasteiger partial charge in [0.2, 0.25) is 0 Å². The molecule has 5 heteroatoms. The molecule has 0 saturated carbocycles. The van der Waals surface area contributed by atoms with Crippen molar-refractivity contribution in [1.29, 1.82) is 0 Å². The molecule has 31 heavy (non-hydrogen) atoms. The number of nitrogens with zero attached hydrogens (tertiary/aromatic N) is 2. The molecule has 0 spiro atoms. The van der Waals surface area contributed by atoms with Crippen molar-refractivity contribution in [2.45, 2.75) is 0 Å². The number of amidine groups is 1. The van der Waals surface area contributed by atoms with Crippen molar-refractivity contribution >= 4 is 46.3 Å². The monoisotopic (exact) mass is 444 g/mol. The summed E-state index contributed by atoms with van der Waals surface area (Å²) in [6.45, 7) is 0. The van der Waals surface area contributed by atoms with E-state index in [1.165, 1.54) is 0 Å². The molecule has 0 aliphatic carbocycles. The molecule has 4 aromatic rings. The van der Waals surface area contributed by atoms with Gasteiger partial charge in [0.25, 0.3) is 5.91 Å². The Labute approximate surface area is 191 Å². The molecule has 0 radical (unpaired) electrons. The van der Waals surface area contributed by atoms with Crippen molar-refractivity contribution in [3.63, 3.8) is 0 Å². The molecule has 152 valence electrons. The van der Waals surface area contributed by atoms with E-state index in [0.717, 1.165) is 0 Å². The van der Waals surface area contributed by atoms with E-state index in [9.17, 15) is 4.79 Å². The Bertz CT molecular complexity index is 1220. The van der Waals surface area contributed by atoms with Crippen LogP contribution in [0.1, 0.15) is 15.9 Å². The van der Waals surface area contributed by atoms with Gasteiger partial charge in [-0.1, -0.05) is 83.9 Å². The van der Waals surface area contributed by atoms with E-state index < -0.39 is 0 Å². The van der Waals surface area contributed by atoms with Crippen LogP contribution in [0, 0.1) is 0 Å². The molecule has 0 bridgehead atoms. The number of anilines is 1. The number of carbonyl (C=O) groups is 1. The maximum Gasteiger partial charge on any atom is 0.265 e. The Kier molecular flexibility index (Phi) is 6.46. The van der Waals surface area contributed by atoms with Gasteiger partial charge in [0, 0.05) is 5.56 Å². The Balaban J connectivity index is 1.97. The highest BCUT2D eigenvalue weighted by Crippen LogP contribution is 2.28. The van der Waals surface area contributed by atoms with Crippen molar-refractivity contribution in [1.82, 2.24) is 0 Å². The van der Waals surface area contributed by atoms with Crippen LogP contribution in [0.5, 0.6) is 0 Å². The van der Waals surface area contributed by atoms with Crippen molar-refractivity contribution in [2.75, 3.05) is 4.90 Å². The molecular weight excluding hydrogens is 427 g/mol. The van der Waals surface area contributed by atoms with Gasteiger partial charge in [-0.2, -0.15) is 0 Å². The number of hydrogen-bond acceptors (Lipinski definition) is 2. The fourth-order valence-corrected chi connectivity index (χ4v) is 3.60. The molecule has 0 saturated heterocycles. The molecular formula is C26H18Cl2N2O. The molecule has 4 aromatic carbocycles. The van der Waals surface area contributed by atoms with Gasteiger partial charge in [0.15, 0.2) is 0 Å². The SMILES string of the molecule is O=C(c1ccccc1Cl)N(C(=Nc1ccccc1)c1ccccc1Cl)c1ccccc1. The molecule has 0 aliphatic rings. The fraction of sp³-hybridized carbons (Fsp3) is 0. The van der Waals surface area contributed by atoms with Gasteiger partial charge in [-0.3, -0.25) is 9.69 Å². The molecule has 0 heterocycles. The van der Waals surface area contributed by atoms with Crippen molar-refractivity contribution in [2.24, 2.45) is 4.99 Å². The number of carbonyl (C=O) groups excluding carboxylic acids is 1. The number of halogens is 2. The maximum atomic E-state index is 13.8. The number of rotatable bonds is 4. The second kappa shape index (κ2) is 9.61. The summed E-state index contributed by atoms with van der Waals surface area (Å²) in [6.07, 6.45) is 0. The van der Waals surface area contributed by atoms with Crippen LogP contribution in [0.2, 0.25) is 10.0 Å². The van der Waals surface area contributed by atoms with Gasteiger partial charge in [-0.15, -0.1) is 0 Å². The average Bonchev–Trinajstić information content (AvgIpc) is 2.81. The van der Waals surface area contributed by atoms with E-state index in [1.807, 2.05) is 78.9 Å². The quantitative estimate of drug-likeness (QED) is 0.238. The van der Waals surface area contributed by atoms with Gasteiger partial charge < -0.3 is 0 Å². The Morgan fingerprint density at radius 2 is 1.10 bits per heavy atom. The highest BCUT2D eigenvalue weighted by atomic mass is 35.5. The first-order valence-corrected chi connectivity index (χ1v) is 10.4. The molecule has 0 unspecified atom stereocenters. The summed E-state index contributed by atoms with van der Waals surface area (Å²) in [5.41, 5.74) is 2.37. The van der Waals surface area contributed by atoms with E-state index in [0.29, 0.717) is 38.4 Å². The smallest absolute Gasteiger partial charge is 0.265 e. The van der Waals surface area contributed by atoms with Gasteiger partial charge in [0.1, 0.15) is 5.84 Å². The summed E-state index contributed by atoms with van der Waals surface area (Å²) < 4.78 is 0. The van der Waals surface area contributed by atoms with E-state index in [2.05, 4.69) is 0 Å². The second-order valence-corrected chi connectivity index (χ2v) is 7.52. The number of amides is 1. The Morgan fingerprint density at radius 3 is 1.68 bits per heavy atom. The lowest BCUT2D eigenvalue weighted by molar-refractivity contribution is 0.100. The van der Waals surface area contributed by atoms with E-state index in [-0.39, 0.29) is 5.91 Å². The van der Waals surface area contributed by atoms with Gasteiger partial charge >= 0.3 is 0 Å². The highest BCUT2D eigenvalue weighted by Gasteiger charge is 2.27. The topological polar surface area (TPSA) is 32.7 Å². The first-order chi connectivity index (χ1) is 15.1. The first-order valence-electron chi connectivity index (χ1n) is 9.68. The van der Waals surface area contributed by atoms with Gasteiger partial charge in [-0.25, -0.2) is 4.99 Å². The Hall–Kier alpha value is -3.40. The summed E-state index contributed by atoms with van der Waals surface area (Å²) in [5, 5.41) is 0.858. The zero-order valence-corrected chi connectivity index (χ0v) is 18.0. The number of hydrogen-bond donors (Lipinski definition) is 0. The van der Waals surface area contributed by atoms with Crippen molar-refractivity contribution < 1.29 is 4.79 Å². The molecule has 1 amide bonds. The van der Waals surface area contributed by atoms with Crippen LogP contribution >= 0.6 is 23.2 Å². The minimum Gasteiger partial charge on any atom is -0.268 e. The van der Waals surface area contributed by atoms with Crippen LogP contribution in [0.3, 0.4) is 0 Å². The predicted molar refractivity (Wildman–Crippen MR) is 129 cm³/mol. The van der Waals surface area contributed by atoms with Gasteiger partial charge in [-0.05, 0) is 48.5 Å². The van der Waals surface area contributed by atoms with Crippen LogP contribution in [0.25, 0.3) is 0 Å². The standard InChI is InChI=1S/C26H18Cl2N2O/c27-23-17-9-7-15-21(23)25(29-19-11-3-1-4-12-19)30(20-13-5-2-6-14-20)26(31)22-16-8-10-18-24(22)28/h1-18H. The largest absolute Gasteiger partial charge is 0.268 e. The van der Waals surface area contributed by atoms with Crippen LogP contribution in [-0.2, 0) is 0 Å². The lowest BCUT2D eigenvalue weighted by atomic mass is 10.1. The normalized spacial score (nSPS) is 11.2. The average molecular weight is 445 g/mol. The van der Waals surface area contributed by atoms with E-state index in [4.69, 9.17) is 28.2 Å². The Morgan fingerprint density at radius 1 is 0.613 bits per heavy atom. The van der Waals surface area contributed by atoms with Crippen LogP contribution in [0.15, 0.2) is 114 Å². The van der Waals surface area contributed by atoms with E-state index in [1.54, 1.807) is 35.2 Å². The second-order valence-electron chi connectivity index (χ2n) is 6.71. The van der Waals surface area contributed by atoms with Crippen LogP contribution in [0.4, 0.5) is 11.4 Å². The summed E-state index contributed by atoms with van der Waals surface area (Å²) in [7, 11) is 0. The highest BCUT2D eigenvalue weighted by molar-refractivity contribution is 6.39. The molecule has 4 rings (SSSR count). The lowest BCUT2D eigenvalue weighted by Crippen LogP contribution is -2.38. The van der Waals surface area contributed by atoms with Gasteiger partial charge in [0.05, 0.1) is 27.0 Å². The van der Waals surface area contributed by atoms with Crippen LogP contribution in [-0.4, -0.2) is 11.7 Å². The third kappa shape index (κ3) is 4.69. The van der Waals surface area contributed by atoms with E-state index >= 15 is 0 Å². The number of para-hydroxylation sites is 2. The molecule has 0 N–H and O–H groups in total. The summed E-state index contributed by atoms with van der Waals surface area (Å²) >= 11 is 12.9. The predicted octanol–water partition coefficient (Wildman–Crippen LogP) is 7.42. The zero-order chi connectivity index (χ0) is 21.6. The minimum atomic E-state index is -0.300. The number of benzene rings is 4. The minimum absolute atomic E-state index is 0.300. The maximum absolute atomic E-state index is 13.8. The zero-order valence-electron chi connectivity index (χ0n) is 16.5. The molecule has 0 atom stereocenters. The lowest BCUT2D eigenvalue weighted by Gasteiger charge is -2.26. The van der Waals surface area contributed by atoms with Crippen molar-refractivity contribution in [3.8, 4) is 0 Å². The number of aliphatic imine (C=N–C) groups is 1. The summed E-state index contributed by atoms with van der Waals surface area (Å²) in [6, 6.07) is 33.1.